The minimum absolute atomic E-state index is 0.0584. The van der Waals surface area contributed by atoms with Gasteiger partial charge in [0.1, 0.15) is 11.2 Å². The van der Waals surface area contributed by atoms with Crippen molar-refractivity contribution in [1.29, 1.82) is 0 Å². The number of carbonyl (C=O) groups is 2. The van der Waals surface area contributed by atoms with Crippen molar-refractivity contribution in [2.75, 3.05) is 0 Å². The van der Waals surface area contributed by atoms with Crippen LogP contribution in [0.1, 0.15) is 129 Å². The van der Waals surface area contributed by atoms with E-state index in [-0.39, 0.29) is 34.0 Å². The van der Waals surface area contributed by atoms with Crippen LogP contribution in [-0.4, -0.2) is 23.1 Å². The van der Waals surface area contributed by atoms with E-state index in [1.54, 1.807) is 0 Å². The molecule has 8 aliphatic rings. The molecule has 0 amide bonds. The summed E-state index contributed by atoms with van der Waals surface area (Å²) in [5, 5.41) is 0. The van der Waals surface area contributed by atoms with E-state index < -0.39 is 0 Å². The molecule has 200 valence electrons. The topological polar surface area (TPSA) is 52.6 Å². The number of carbonyl (C=O) groups excluding carboxylic acids is 2. The van der Waals surface area contributed by atoms with Crippen LogP contribution in [-0.2, 0) is 19.1 Å². The summed E-state index contributed by atoms with van der Waals surface area (Å²) in [6, 6.07) is 0. The Labute approximate surface area is 218 Å². The first-order chi connectivity index (χ1) is 17.3. The molecule has 8 saturated carbocycles. The van der Waals surface area contributed by atoms with Crippen LogP contribution in [0.15, 0.2) is 0 Å². The number of ether oxygens (including phenoxy) is 2. The van der Waals surface area contributed by atoms with Crippen molar-refractivity contribution < 1.29 is 19.1 Å². The summed E-state index contributed by atoms with van der Waals surface area (Å²) in [5.41, 5.74) is -0.246. The molecule has 0 aromatic rings. The van der Waals surface area contributed by atoms with Crippen LogP contribution in [0, 0.1) is 46.3 Å². The molecule has 0 aromatic heterocycles. The normalized spacial score (nSPS) is 51.7. The Balaban J connectivity index is 1.04. The largest absolute Gasteiger partial charge is 0.459 e. The van der Waals surface area contributed by atoms with Gasteiger partial charge in [0, 0.05) is 0 Å². The van der Waals surface area contributed by atoms with E-state index in [0.717, 1.165) is 43.9 Å². The number of rotatable bonds is 8. The SMILES string of the molecule is CC[C@]1(OC(=O)CC23CC4CC(C2)CC(CC(=O)O[C@]2(CC)C[C@H]5CC[C@@H]2C5)(C4)C3)C[C@@H]2CCC1C2. The molecule has 8 bridgehead atoms. The summed E-state index contributed by atoms with van der Waals surface area (Å²) < 4.78 is 12.9. The minimum atomic E-state index is -0.182. The molecule has 0 heterocycles. The minimum Gasteiger partial charge on any atom is -0.459 e. The maximum absolute atomic E-state index is 13.5. The Morgan fingerprint density at radius 2 is 1.06 bits per heavy atom. The van der Waals surface area contributed by atoms with Gasteiger partial charge in [0.2, 0.25) is 0 Å². The molecule has 3 unspecified atom stereocenters. The first-order valence-corrected chi connectivity index (χ1v) is 15.7. The van der Waals surface area contributed by atoms with E-state index in [0.29, 0.717) is 36.5 Å². The predicted octanol–water partition coefficient (Wildman–Crippen LogP) is 7.38. The Morgan fingerprint density at radius 1 is 0.611 bits per heavy atom. The van der Waals surface area contributed by atoms with Gasteiger partial charge in [0.15, 0.2) is 0 Å². The lowest BCUT2D eigenvalue weighted by molar-refractivity contribution is -0.184. The Morgan fingerprint density at radius 3 is 1.39 bits per heavy atom. The van der Waals surface area contributed by atoms with Gasteiger partial charge in [0.05, 0.1) is 12.8 Å². The zero-order valence-electron chi connectivity index (χ0n) is 22.8. The van der Waals surface area contributed by atoms with Crippen molar-refractivity contribution in [1.82, 2.24) is 0 Å². The zero-order valence-corrected chi connectivity index (χ0v) is 22.8. The molecular formula is C32H48O4. The maximum atomic E-state index is 13.5. The molecule has 4 nitrogen and oxygen atoms in total. The molecule has 0 saturated heterocycles. The highest BCUT2D eigenvalue weighted by atomic mass is 16.6. The molecule has 0 aliphatic heterocycles. The van der Waals surface area contributed by atoms with Crippen LogP contribution in [0.2, 0.25) is 0 Å². The Kier molecular flexibility index (Phi) is 5.48. The van der Waals surface area contributed by atoms with Crippen molar-refractivity contribution in [3.8, 4) is 0 Å². The highest BCUT2D eigenvalue weighted by Crippen LogP contribution is 2.68. The van der Waals surface area contributed by atoms with Gasteiger partial charge in [-0.2, -0.15) is 0 Å². The van der Waals surface area contributed by atoms with Crippen LogP contribution >= 0.6 is 0 Å². The van der Waals surface area contributed by atoms with Gasteiger partial charge in [-0.3, -0.25) is 9.59 Å². The molecular weight excluding hydrogens is 448 g/mol. The zero-order chi connectivity index (χ0) is 24.8. The molecule has 0 aromatic carbocycles. The number of hydrogen-bond acceptors (Lipinski definition) is 4. The lowest BCUT2D eigenvalue weighted by Crippen LogP contribution is -2.54. The third-order valence-corrected chi connectivity index (χ3v) is 13.0. The van der Waals surface area contributed by atoms with Gasteiger partial charge in [-0.15, -0.1) is 0 Å². The van der Waals surface area contributed by atoms with Gasteiger partial charge >= 0.3 is 11.9 Å². The van der Waals surface area contributed by atoms with Crippen LogP contribution in [0.25, 0.3) is 0 Å². The summed E-state index contributed by atoms with van der Waals surface area (Å²) >= 11 is 0. The smallest absolute Gasteiger partial charge is 0.306 e. The molecule has 36 heavy (non-hydrogen) atoms. The second-order valence-corrected chi connectivity index (χ2v) is 15.3. The van der Waals surface area contributed by atoms with Gasteiger partial charge in [0.25, 0.3) is 0 Å². The van der Waals surface area contributed by atoms with Crippen molar-refractivity contribution in [3.63, 3.8) is 0 Å². The third kappa shape index (κ3) is 3.73. The highest BCUT2D eigenvalue weighted by molar-refractivity contribution is 5.72. The summed E-state index contributed by atoms with van der Waals surface area (Å²) in [7, 11) is 0. The first kappa shape index (κ1) is 24.0. The summed E-state index contributed by atoms with van der Waals surface area (Å²) in [4.78, 5) is 27.0. The molecule has 0 radical (unpaired) electrons. The van der Waals surface area contributed by atoms with Crippen LogP contribution < -0.4 is 0 Å². The van der Waals surface area contributed by atoms with Crippen molar-refractivity contribution in [3.05, 3.63) is 0 Å². The number of hydrogen-bond donors (Lipinski definition) is 0. The Hall–Kier alpha value is -1.06. The van der Waals surface area contributed by atoms with Crippen molar-refractivity contribution >= 4 is 11.9 Å². The molecule has 8 aliphatic carbocycles. The van der Waals surface area contributed by atoms with E-state index in [9.17, 15) is 9.59 Å². The average Bonchev–Trinajstić information content (AvgIpc) is 3.58. The fraction of sp³-hybridized carbons (Fsp3) is 0.938. The molecule has 8 fully saturated rings. The number of fused-ring (bicyclic) bond motifs is 4. The summed E-state index contributed by atoms with van der Waals surface area (Å²) in [5.74, 6) is 4.22. The van der Waals surface area contributed by atoms with Gasteiger partial charge in [-0.05, 0) is 149 Å². The predicted molar refractivity (Wildman–Crippen MR) is 138 cm³/mol. The molecule has 8 atom stereocenters. The summed E-state index contributed by atoms with van der Waals surface area (Å²) in [6.07, 6.45) is 20.0. The van der Waals surface area contributed by atoms with Crippen molar-refractivity contribution in [2.24, 2.45) is 46.3 Å². The Bertz CT molecular complexity index is 841. The van der Waals surface area contributed by atoms with Gasteiger partial charge in [-0.25, -0.2) is 0 Å². The fourth-order valence-electron chi connectivity index (χ4n) is 12.2. The second kappa shape index (κ2) is 8.22. The average molecular weight is 497 g/mol. The van der Waals surface area contributed by atoms with Crippen molar-refractivity contribution in [2.45, 2.75) is 141 Å². The van der Waals surface area contributed by atoms with E-state index in [4.69, 9.17) is 9.47 Å². The highest BCUT2D eigenvalue weighted by Gasteiger charge is 2.60. The van der Waals surface area contributed by atoms with Crippen LogP contribution in [0.4, 0.5) is 0 Å². The number of esters is 2. The third-order valence-electron chi connectivity index (χ3n) is 13.0. The maximum Gasteiger partial charge on any atom is 0.306 e. The standard InChI is InChI=1S/C32H48O4/c1-3-31(16-21-5-7-25(31)10-21)35-27(33)18-29-12-23-9-24(13-29)15-30(14-23,20-29)19-28(34)36-32(4-2)17-22-6-8-26(32)11-22/h21-26H,3-20H2,1-2H3/t21-,22+,23?,24?,25+,26?,29?,30?,31+,32-/m0/s1. The van der Waals surface area contributed by atoms with E-state index in [1.807, 2.05) is 0 Å². The molecule has 8 rings (SSSR count). The monoisotopic (exact) mass is 496 g/mol. The lowest BCUT2D eigenvalue weighted by Gasteiger charge is -2.62. The fourth-order valence-corrected chi connectivity index (χ4v) is 12.2. The van der Waals surface area contributed by atoms with E-state index in [1.165, 1.54) is 70.6 Å². The molecule has 0 spiro atoms. The van der Waals surface area contributed by atoms with Gasteiger partial charge < -0.3 is 9.47 Å². The van der Waals surface area contributed by atoms with E-state index in [2.05, 4.69) is 13.8 Å². The van der Waals surface area contributed by atoms with Gasteiger partial charge in [-0.1, -0.05) is 13.8 Å². The first-order valence-electron chi connectivity index (χ1n) is 15.7. The molecule has 4 heteroatoms. The van der Waals surface area contributed by atoms with Crippen LogP contribution in [0.5, 0.6) is 0 Å². The molecule has 0 N–H and O–H groups in total. The quantitative estimate of drug-likeness (QED) is 0.329. The summed E-state index contributed by atoms with van der Waals surface area (Å²) in [6.45, 7) is 4.44. The second-order valence-electron chi connectivity index (χ2n) is 15.3. The van der Waals surface area contributed by atoms with E-state index >= 15 is 0 Å². The lowest BCUT2D eigenvalue weighted by atomic mass is 9.43. The van der Waals surface area contributed by atoms with Crippen LogP contribution in [0.3, 0.4) is 0 Å².